The summed E-state index contributed by atoms with van der Waals surface area (Å²) in [5, 5.41) is 0. The van der Waals surface area contributed by atoms with Gasteiger partial charge in [0.2, 0.25) is 0 Å². The fourth-order valence-corrected chi connectivity index (χ4v) is 3.64. The first-order valence-electron chi connectivity index (χ1n) is 17.6. The van der Waals surface area contributed by atoms with Crippen LogP contribution in [0.4, 0.5) is 5.69 Å². The van der Waals surface area contributed by atoms with Gasteiger partial charge in [0.05, 0.1) is 158 Å². The fourth-order valence-electron chi connectivity index (χ4n) is 3.64. The molecule has 1 aromatic carbocycles. The third-order valence-electron chi connectivity index (χ3n) is 6.60. The molecule has 1 atom stereocenters. The van der Waals surface area contributed by atoms with E-state index in [1.807, 2.05) is 18.2 Å². The molecule has 0 aliphatic rings. The van der Waals surface area contributed by atoms with Gasteiger partial charge in [0, 0.05) is 6.61 Å². The summed E-state index contributed by atoms with van der Waals surface area (Å²) in [6.45, 7) is 17.5. The van der Waals surface area contributed by atoms with E-state index in [2.05, 4.69) is 13.8 Å². The van der Waals surface area contributed by atoms with Crippen molar-refractivity contribution in [3.8, 4) is 5.75 Å². The molecule has 0 aliphatic carbocycles. The zero-order valence-corrected chi connectivity index (χ0v) is 30.2. The Bertz CT molecular complexity index is 796. The molecule has 1 unspecified atom stereocenters. The molecule has 0 fully saturated rings. The van der Waals surface area contributed by atoms with E-state index in [9.17, 15) is 0 Å². The van der Waals surface area contributed by atoms with Crippen molar-refractivity contribution in [1.29, 1.82) is 0 Å². The maximum Gasteiger partial charge on any atom is 0.142 e. The average Bonchev–Trinajstić information content (AvgIpc) is 3.11. The first kappa shape index (κ1) is 45.4. The minimum absolute atomic E-state index is 0.438. The lowest BCUT2D eigenvalue weighted by atomic mass is 10.1. The molecule has 0 spiro atoms. The van der Waals surface area contributed by atoms with Gasteiger partial charge in [0.25, 0.3) is 0 Å². The van der Waals surface area contributed by atoms with Gasteiger partial charge in [-0.25, -0.2) is 0 Å². The summed E-state index contributed by atoms with van der Waals surface area (Å²) >= 11 is 0. The molecule has 0 saturated carbocycles. The van der Waals surface area contributed by atoms with Crippen molar-refractivity contribution in [2.75, 3.05) is 171 Å². The number of hydrogen-bond donors (Lipinski definition) is 1. The van der Waals surface area contributed by atoms with E-state index >= 15 is 0 Å². The van der Waals surface area contributed by atoms with Crippen molar-refractivity contribution in [3.05, 3.63) is 24.3 Å². The van der Waals surface area contributed by atoms with Gasteiger partial charge in [0.1, 0.15) is 12.4 Å². The van der Waals surface area contributed by atoms with E-state index in [1.54, 1.807) is 6.07 Å². The number of nitrogen functional groups attached to an aromatic ring is 1. The van der Waals surface area contributed by atoms with E-state index in [-0.39, 0.29) is 0 Å². The van der Waals surface area contributed by atoms with Gasteiger partial charge < -0.3 is 67.3 Å². The van der Waals surface area contributed by atoms with Crippen molar-refractivity contribution in [3.63, 3.8) is 0 Å². The second kappa shape index (κ2) is 37.6. The van der Waals surface area contributed by atoms with Crippen LogP contribution < -0.4 is 10.5 Å². The van der Waals surface area contributed by atoms with Gasteiger partial charge in [0.15, 0.2) is 0 Å². The van der Waals surface area contributed by atoms with Gasteiger partial charge in [-0.05, 0) is 18.1 Å². The average molecular weight is 708 g/mol. The second-order valence-corrected chi connectivity index (χ2v) is 10.7. The van der Waals surface area contributed by atoms with Gasteiger partial charge in [-0.1, -0.05) is 32.4 Å². The zero-order chi connectivity index (χ0) is 35.1. The molecule has 14 nitrogen and oxygen atoms in total. The zero-order valence-electron chi connectivity index (χ0n) is 30.2. The van der Waals surface area contributed by atoms with Crippen LogP contribution in [0.5, 0.6) is 5.75 Å². The number of ether oxygens (including phenoxy) is 13. The van der Waals surface area contributed by atoms with Crippen molar-refractivity contribution in [2.24, 2.45) is 5.92 Å². The summed E-state index contributed by atoms with van der Waals surface area (Å²) in [6, 6.07) is 7.38. The quantitative estimate of drug-likeness (QED) is 0.0788. The lowest BCUT2D eigenvalue weighted by Crippen LogP contribution is -2.15. The fraction of sp³-hybridized carbons (Fsp3) is 0.829. The van der Waals surface area contributed by atoms with Crippen LogP contribution in [-0.4, -0.2) is 165 Å². The molecule has 0 aliphatic heterocycles. The smallest absolute Gasteiger partial charge is 0.142 e. The molecule has 2 N–H and O–H groups in total. The molecule has 0 saturated heterocycles. The molecule has 288 valence electrons. The van der Waals surface area contributed by atoms with Crippen LogP contribution in [0.1, 0.15) is 20.3 Å². The lowest BCUT2D eigenvalue weighted by Gasteiger charge is -2.10. The molecule has 0 heterocycles. The summed E-state index contributed by atoms with van der Waals surface area (Å²) in [4.78, 5) is 0. The number of nitrogens with two attached hydrogens (primary N) is 1. The van der Waals surface area contributed by atoms with Crippen molar-refractivity contribution >= 4 is 5.69 Å². The predicted octanol–water partition coefficient (Wildman–Crippen LogP) is 2.89. The van der Waals surface area contributed by atoms with Gasteiger partial charge in [-0.3, -0.25) is 0 Å². The van der Waals surface area contributed by atoms with Crippen LogP contribution in [0, 0.1) is 5.92 Å². The Morgan fingerprint density at radius 3 is 0.959 bits per heavy atom. The highest BCUT2D eigenvalue weighted by Gasteiger charge is 2.00. The molecule has 0 amide bonds. The van der Waals surface area contributed by atoms with E-state index < -0.39 is 0 Å². The minimum atomic E-state index is 0.438. The summed E-state index contributed by atoms with van der Waals surface area (Å²) in [6.07, 6.45) is 1.13. The number of hydrogen-bond acceptors (Lipinski definition) is 14. The number of anilines is 1. The number of rotatable bonds is 40. The summed E-state index contributed by atoms with van der Waals surface area (Å²) < 4.78 is 71.4. The first-order valence-corrected chi connectivity index (χ1v) is 17.6. The Labute approximate surface area is 294 Å². The van der Waals surface area contributed by atoms with Crippen molar-refractivity contribution in [2.45, 2.75) is 20.3 Å². The van der Waals surface area contributed by atoms with E-state index in [4.69, 9.17) is 67.3 Å². The Morgan fingerprint density at radius 1 is 0.408 bits per heavy atom. The van der Waals surface area contributed by atoms with Crippen molar-refractivity contribution in [1.82, 2.24) is 0 Å². The van der Waals surface area contributed by atoms with Gasteiger partial charge in [-0.15, -0.1) is 0 Å². The largest absolute Gasteiger partial charge is 0.489 e. The SMILES string of the molecule is CCC(C)COCCOCCOCCOCCOCCOCCOCCOCCOCCOCCOCCOCCOc1ccccc1N. The van der Waals surface area contributed by atoms with Crippen LogP contribution >= 0.6 is 0 Å². The number of para-hydroxylation sites is 2. The Balaban J connectivity index is 1.62. The molecule has 14 heteroatoms. The van der Waals surface area contributed by atoms with Crippen LogP contribution in [-0.2, 0) is 56.8 Å². The molecule has 0 bridgehead atoms. The van der Waals surface area contributed by atoms with E-state index in [0.717, 1.165) is 13.0 Å². The van der Waals surface area contributed by atoms with Crippen molar-refractivity contribution < 1.29 is 61.6 Å². The minimum Gasteiger partial charge on any atom is -0.489 e. The van der Waals surface area contributed by atoms with Gasteiger partial charge >= 0.3 is 0 Å². The summed E-state index contributed by atoms with van der Waals surface area (Å²) in [5.41, 5.74) is 6.44. The van der Waals surface area contributed by atoms with Crippen LogP contribution in [0.15, 0.2) is 24.3 Å². The third-order valence-corrected chi connectivity index (χ3v) is 6.60. The molecule has 0 radical (unpaired) electrons. The maximum absolute atomic E-state index is 5.82. The first-order chi connectivity index (χ1) is 24.2. The Kier molecular flexibility index (Phi) is 34.8. The molecule has 0 aromatic heterocycles. The lowest BCUT2D eigenvalue weighted by molar-refractivity contribution is -0.0287. The van der Waals surface area contributed by atoms with Gasteiger partial charge in [-0.2, -0.15) is 0 Å². The monoisotopic (exact) mass is 707 g/mol. The standard InChI is InChI=1S/C35H65NO13/c1-3-33(2)32-48-29-28-46-25-24-44-21-20-42-17-16-40-13-12-38-9-8-37-10-11-39-14-15-41-18-19-43-22-23-45-26-27-47-30-31-49-35-7-5-4-6-34(35)36/h4-7,33H,3,8-32,36H2,1-2H3. The number of benzene rings is 1. The third kappa shape index (κ3) is 33.3. The highest BCUT2D eigenvalue weighted by Crippen LogP contribution is 2.19. The van der Waals surface area contributed by atoms with Crippen LogP contribution in [0.3, 0.4) is 0 Å². The molecular formula is C35H65NO13. The van der Waals surface area contributed by atoms with Crippen LogP contribution in [0.2, 0.25) is 0 Å². The Morgan fingerprint density at radius 2 is 0.673 bits per heavy atom. The highest BCUT2D eigenvalue weighted by atomic mass is 16.6. The highest BCUT2D eigenvalue weighted by molar-refractivity contribution is 5.51. The van der Waals surface area contributed by atoms with E-state index in [1.165, 1.54) is 0 Å². The molecule has 49 heavy (non-hydrogen) atoms. The molecular weight excluding hydrogens is 642 g/mol. The second-order valence-electron chi connectivity index (χ2n) is 10.7. The summed E-state index contributed by atoms with van der Waals surface area (Å²) in [7, 11) is 0. The van der Waals surface area contributed by atoms with Crippen LogP contribution in [0.25, 0.3) is 0 Å². The molecule has 1 aromatic rings. The maximum atomic E-state index is 5.82. The normalized spacial score (nSPS) is 12.1. The Hall–Kier alpha value is -1.66. The predicted molar refractivity (Wildman–Crippen MR) is 186 cm³/mol. The van der Waals surface area contributed by atoms with E-state index in [0.29, 0.717) is 176 Å². The summed E-state index contributed by atoms with van der Waals surface area (Å²) in [5.74, 6) is 1.26. The molecule has 1 rings (SSSR count). The topological polar surface area (TPSA) is 146 Å².